The van der Waals surface area contributed by atoms with Crippen LogP contribution in [0.3, 0.4) is 0 Å². The summed E-state index contributed by atoms with van der Waals surface area (Å²) < 4.78 is 30.8. The number of nitrogens with zero attached hydrogens (tertiary/aromatic N) is 2. The summed E-state index contributed by atoms with van der Waals surface area (Å²) in [7, 11) is 0. The number of alkyl halides is 2. The van der Waals surface area contributed by atoms with Crippen molar-refractivity contribution in [2.45, 2.75) is 19.6 Å². The zero-order valence-electron chi connectivity index (χ0n) is 13.4. The number of aromatic nitrogens is 2. The molecular weight excluding hydrogens is 328 g/mol. The quantitative estimate of drug-likeness (QED) is 0.667. The lowest BCUT2D eigenvalue weighted by Gasteiger charge is -2.08. The van der Waals surface area contributed by atoms with Crippen LogP contribution in [0.5, 0.6) is 5.75 Å². The molecule has 130 valence electrons. The first-order valence-electron chi connectivity index (χ1n) is 7.86. The van der Waals surface area contributed by atoms with Crippen LogP contribution in [0.2, 0.25) is 0 Å². The number of amides is 1. The second kappa shape index (κ2) is 7.74. The van der Waals surface area contributed by atoms with Crippen molar-refractivity contribution in [2.24, 2.45) is 0 Å². The van der Waals surface area contributed by atoms with E-state index in [-0.39, 0.29) is 17.2 Å². The van der Waals surface area contributed by atoms with Crippen molar-refractivity contribution in [2.75, 3.05) is 6.54 Å². The van der Waals surface area contributed by atoms with Crippen LogP contribution in [0.1, 0.15) is 16.8 Å². The molecule has 2 aromatic carbocycles. The Labute approximate surface area is 143 Å². The third kappa shape index (κ3) is 4.32. The largest absolute Gasteiger partial charge is 0.435 e. The van der Waals surface area contributed by atoms with Gasteiger partial charge in [-0.25, -0.2) is 4.98 Å². The molecule has 1 aromatic heterocycles. The predicted molar refractivity (Wildman–Crippen MR) is 89.8 cm³/mol. The van der Waals surface area contributed by atoms with Crippen LogP contribution < -0.4 is 10.1 Å². The van der Waals surface area contributed by atoms with Crippen LogP contribution in [0.4, 0.5) is 8.78 Å². The number of carbonyl (C=O) groups excluding carboxylic acids is 1. The highest BCUT2D eigenvalue weighted by Gasteiger charge is 2.09. The number of nitrogens with one attached hydrogen (secondary N) is 1. The van der Waals surface area contributed by atoms with Gasteiger partial charge in [0, 0.05) is 18.7 Å². The molecule has 0 saturated carbocycles. The minimum Gasteiger partial charge on any atom is -0.435 e. The number of ether oxygens (including phenoxy) is 1. The third-order valence-electron chi connectivity index (χ3n) is 3.71. The van der Waals surface area contributed by atoms with Crippen LogP contribution in [-0.2, 0) is 6.54 Å². The number of hydrogen-bond acceptors (Lipinski definition) is 3. The Bertz CT molecular complexity index is 864. The van der Waals surface area contributed by atoms with Gasteiger partial charge in [-0.05, 0) is 36.8 Å². The molecule has 7 heteroatoms. The van der Waals surface area contributed by atoms with Crippen molar-refractivity contribution in [3.63, 3.8) is 0 Å². The van der Waals surface area contributed by atoms with Gasteiger partial charge in [-0.2, -0.15) is 8.78 Å². The van der Waals surface area contributed by atoms with Gasteiger partial charge in [0.2, 0.25) is 0 Å². The molecule has 0 unspecified atom stereocenters. The summed E-state index contributed by atoms with van der Waals surface area (Å²) in [4.78, 5) is 16.4. The highest BCUT2D eigenvalue weighted by molar-refractivity contribution is 5.94. The summed E-state index contributed by atoms with van der Waals surface area (Å²) in [6.45, 7) is -1.73. The Morgan fingerprint density at radius 2 is 2.04 bits per heavy atom. The molecule has 0 aliphatic rings. The molecule has 0 atom stereocenters. The molecule has 1 amide bonds. The van der Waals surface area contributed by atoms with Crippen molar-refractivity contribution >= 4 is 16.9 Å². The minimum atomic E-state index is -2.91. The van der Waals surface area contributed by atoms with Gasteiger partial charge in [-0.3, -0.25) is 4.79 Å². The fourth-order valence-corrected chi connectivity index (χ4v) is 2.56. The Kier molecular flexibility index (Phi) is 5.23. The van der Waals surface area contributed by atoms with Gasteiger partial charge in [0.15, 0.2) is 0 Å². The zero-order valence-corrected chi connectivity index (χ0v) is 13.4. The zero-order chi connectivity index (χ0) is 17.6. The van der Waals surface area contributed by atoms with Crippen LogP contribution in [0.15, 0.2) is 54.9 Å². The van der Waals surface area contributed by atoms with E-state index < -0.39 is 6.61 Å². The van der Waals surface area contributed by atoms with E-state index >= 15 is 0 Å². The highest BCUT2D eigenvalue weighted by Crippen LogP contribution is 2.16. The smallest absolute Gasteiger partial charge is 0.387 e. The first-order chi connectivity index (χ1) is 12.1. The van der Waals surface area contributed by atoms with Crippen LogP contribution in [-0.4, -0.2) is 28.6 Å². The fourth-order valence-electron chi connectivity index (χ4n) is 2.56. The summed E-state index contributed by atoms with van der Waals surface area (Å²) in [6, 6.07) is 13.6. The standard InChI is InChI=1S/C18H17F2N3O2/c19-18(20)25-14-6-3-5-13(11-14)17(24)21-9-4-10-23-12-22-15-7-1-2-8-16(15)23/h1-3,5-8,11-12,18H,4,9-10H2,(H,21,24). The third-order valence-corrected chi connectivity index (χ3v) is 3.71. The molecular formula is C18H17F2N3O2. The molecule has 0 radical (unpaired) electrons. The number of carbonyl (C=O) groups is 1. The summed E-state index contributed by atoms with van der Waals surface area (Å²) in [5, 5.41) is 2.77. The Hall–Kier alpha value is -2.96. The number of fused-ring (bicyclic) bond motifs is 1. The minimum absolute atomic E-state index is 0.0347. The first kappa shape index (κ1) is 16.9. The normalized spacial score (nSPS) is 11.0. The number of rotatable bonds is 7. The maximum Gasteiger partial charge on any atom is 0.387 e. The molecule has 25 heavy (non-hydrogen) atoms. The van der Waals surface area contributed by atoms with Crippen LogP contribution >= 0.6 is 0 Å². The summed E-state index contributed by atoms with van der Waals surface area (Å²) >= 11 is 0. The van der Waals surface area contributed by atoms with E-state index in [0.29, 0.717) is 6.54 Å². The molecule has 3 aromatic rings. The summed E-state index contributed by atoms with van der Waals surface area (Å²) in [6.07, 6.45) is 2.50. The Balaban J connectivity index is 1.51. The van der Waals surface area contributed by atoms with Crippen LogP contribution in [0, 0.1) is 0 Å². The number of benzene rings is 2. The number of halogens is 2. The summed E-state index contributed by atoms with van der Waals surface area (Å²) in [5.74, 6) is -0.359. The number of para-hydroxylation sites is 2. The molecule has 0 fully saturated rings. The fraction of sp³-hybridized carbons (Fsp3) is 0.222. The highest BCUT2D eigenvalue weighted by atomic mass is 19.3. The van der Waals surface area contributed by atoms with Gasteiger partial charge in [0.05, 0.1) is 17.4 Å². The lowest BCUT2D eigenvalue weighted by molar-refractivity contribution is -0.0498. The van der Waals surface area contributed by atoms with Crippen molar-refractivity contribution < 1.29 is 18.3 Å². The second-order valence-electron chi connectivity index (χ2n) is 5.44. The Morgan fingerprint density at radius 3 is 2.88 bits per heavy atom. The molecule has 0 aliphatic heterocycles. The lowest BCUT2D eigenvalue weighted by Crippen LogP contribution is -2.25. The lowest BCUT2D eigenvalue weighted by atomic mass is 10.2. The maximum atomic E-state index is 12.2. The van der Waals surface area contributed by atoms with Gasteiger partial charge in [-0.15, -0.1) is 0 Å². The van der Waals surface area contributed by atoms with Crippen molar-refractivity contribution in [1.29, 1.82) is 0 Å². The van der Waals surface area contributed by atoms with Gasteiger partial charge >= 0.3 is 6.61 Å². The summed E-state index contributed by atoms with van der Waals surface area (Å²) in [5.41, 5.74) is 2.26. The molecule has 0 bridgehead atoms. The van der Waals surface area contributed by atoms with E-state index in [2.05, 4.69) is 15.0 Å². The first-order valence-corrected chi connectivity index (χ1v) is 7.86. The predicted octanol–water partition coefficient (Wildman–Crippen LogP) is 3.46. The SMILES string of the molecule is O=C(NCCCn1cnc2ccccc21)c1cccc(OC(F)F)c1. The molecule has 0 aliphatic carbocycles. The van der Waals surface area contributed by atoms with Gasteiger partial charge in [0.1, 0.15) is 5.75 Å². The van der Waals surface area contributed by atoms with Crippen molar-refractivity contribution in [3.05, 3.63) is 60.4 Å². The second-order valence-corrected chi connectivity index (χ2v) is 5.44. The van der Waals surface area contributed by atoms with E-state index in [0.717, 1.165) is 24.0 Å². The monoisotopic (exact) mass is 345 g/mol. The van der Waals surface area contributed by atoms with Crippen LogP contribution in [0.25, 0.3) is 11.0 Å². The number of hydrogen-bond donors (Lipinski definition) is 1. The van der Waals surface area contributed by atoms with Gasteiger partial charge in [0.25, 0.3) is 5.91 Å². The van der Waals surface area contributed by atoms with E-state index in [1.807, 2.05) is 28.8 Å². The van der Waals surface area contributed by atoms with Gasteiger partial charge < -0.3 is 14.6 Å². The van der Waals surface area contributed by atoms with E-state index in [4.69, 9.17) is 0 Å². The average molecular weight is 345 g/mol. The van der Waals surface area contributed by atoms with E-state index in [9.17, 15) is 13.6 Å². The van der Waals surface area contributed by atoms with E-state index in [1.54, 1.807) is 12.4 Å². The topological polar surface area (TPSA) is 56.2 Å². The Morgan fingerprint density at radius 1 is 1.20 bits per heavy atom. The van der Waals surface area contributed by atoms with E-state index in [1.165, 1.54) is 18.2 Å². The maximum absolute atomic E-state index is 12.2. The van der Waals surface area contributed by atoms with Crippen molar-refractivity contribution in [3.8, 4) is 5.75 Å². The molecule has 0 spiro atoms. The molecule has 5 nitrogen and oxygen atoms in total. The number of imidazole rings is 1. The molecule has 1 N–H and O–H groups in total. The molecule has 0 saturated heterocycles. The average Bonchev–Trinajstić information content (AvgIpc) is 3.01. The molecule has 3 rings (SSSR count). The van der Waals surface area contributed by atoms with Crippen molar-refractivity contribution in [1.82, 2.24) is 14.9 Å². The number of aryl methyl sites for hydroxylation is 1. The van der Waals surface area contributed by atoms with Gasteiger partial charge in [-0.1, -0.05) is 18.2 Å². The molecule has 1 heterocycles.